The third kappa shape index (κ3) is 3.79. The van der Waals surface area contributed by atoms with Crippen molar-refractivity contribution in [3.63, 3.8) is 0 Å². The van der Waals surface area contributed by atoms with Crippen molar-refractivity contribution in [2.75, 3.05) is 37.6 Å². The average Bonchev–Trinajstić information content (AvgIpc) is 3.11. The van der Waals surface area contributed by atoms with Crippen molar-refractivity contribution in [1.82, 2.24) is 30.2 Å². The standard InChI is InChI=1S/C21H26ClN7O/c1-4-9-23-21(30)28-12-10-27(11-13-28)20-19-18(14(2)24-25-20)15(3)29(26-19)17-7-5-16(22)6-8-17/h5-8H,4,9-13H2,1-3H3,(H,23,30). The lowest BCUT2D eigenvalue weighted by Crippen LogP contribution is -2.52. The van der Waals surface area contributed by atoms with Crippen LogP contribution in [0.5, 0.6) is 0 Å². The zero-order valence-electron chi connectivity index (χ0n) is 17.5. The number of fused-ring (bicyclic) bond motifs is 1. The number of nitrogens with one attached hydrogen (secondary N) is 1. The van der Waals surface area contributed by atoms with Crippen LogP contribution in [-0.2, 0) is 0 Å². The Bertz CT molecular complexity index is 1060. The fourth-order valence-corrected chi connectivity index (χ4v) is 3.95. The summed E-state index contributed by atoms with van der Waals surface area (Å²) in [5.74, 6) is 0.764. The van der Waals surface area contributed by atoms with E-state index in [2.05, 4.69) is 20.4 Å². The van der Waals surface area contributed by atoms with Crippen molar-refractivity contribution in [2.45, 2.75) is 27.2 Å². The third-order valence-electron chi connectivity index (χ3n) is 5.45. The van der Waals surface area contributed by atoms with Crippen LogP contribution < -0.4 is 10.2 Å². The van der Waals surface area contributed by atoms with Gasteiger partial charge in [0, 0.05) is 37.7 Å². The number of nitrogens with zero attached hydrogens (tertiary/aromatic N) is 6. The topological polar surface area (TPSA) is 79.2 Å². The molecule has 0 bridgehead atoms. The van der Waals surface area contributed by atoms with E-state index in [1.54, 1.807) is 0 Å². The van der Waals surface area contributed by atoms with E-state index in [0.29, 0.717) is 37.7 Å². The number of aryl methyl sites for hydroxylation is 2. The number of piperazine rings is 1. The van der Waals surface area contributed by atoms with Gasteiger partial charge in [0.2, 0.25) is 0 Å². The Morgan fingerprint density at radius 2 is 1.80 bits per heavy atom. The van der Waals surface area contributed by atoms with Crippen molar-refractivity contribution < 1.29 is 4.79 Å². The first kappa shape index (κ1) is 20.4. The molecule has 3 heterocycles. The highest BCUT2D eigenvalue weighted by atomic mass is 35.5. The van der Waals surface area contributed by atoms with Gasteiger partial charge in [-0.25, -0.2) is 9.48 Å². The van der Waals surface area contributed by atoms with Gasteiger partial charge in [-0.05, 0) is 44.5 Å². The number of carbonyl (C=O) groups excluding carboxylic acids is 1. The summed E-state index contributed by atoms with van der Waals surface area (Å²) in [5.41, 5.74) is 3.64. The van der Waals surface area contributed by atoms with Crippen LogP contribution in [0, 0.1) is 13.8 Å². The van der Waals surface area contributed by atoms with Crippen LogP contribution in [0.3, 0.4) is 0 Å². The van der Waals surface area contributed by atoms with Crippen LogP contribution in [-0.4, -0.2) is 63.6 Å². The summed E-state index contributed by atoms with van der Waals surface area (Å²) in [6.45, 7) is 9.41. The van der Waals surface area contributed by atoms with Crippen LogP contribution in [0.2, 0.25) is 5.02 Å². The number of halogens is 1. The first-order valence-electron chi connectivity index (χ1n) is 10.3. The van der Waals surface area contributed by atoms with Gasteiger partial charge < -0.3 is 15.1 Å². The summed E-state index contributed by atoms with van der Waals surface area (Å²) in [6.07, 6.45) is 0.929. The molecule has 2 amide bonds. The maximum atomic E-state index is 12.2. The molecule has 1 saturated heterocycles. The minimum Gasteiger partial charge on any atom is -0.350 e. The predicted molar refractivity (Wildman–Crippen MR) is 119 cm³/mol. The second-order valence-corrected chi connectivity index (χ2v) is 7.95. The number of benzene rings is 1. The third-order valence-corrected chi connectivity index (χ3v) is 5.70. The quantitative estimate of drug-likeness (QED) is 0.690. The number of urea groups is 1. The van der Waals surface area contributed by atoms with Gasteiger partial charge in [0.25, 0.3) is 0 Å². The van der Waals surface area contributed by atoms with E-state index in [4.69, 9.17) is 16.7 Å². The lowest BCUT2D eigenvalue weighted by molar-refractivity contribution is 0.194. The Morgan fingerprint density at radius 1 is 1.10 bits per heavy atom. The van der Waals surface area contributed by atoms with Gasteiger partial charge in [-0.15, -0.1) is 5.10 Å². The van der Waals surface area contributed by atoms with Crippen LogP contribution in [0.4, 0.5) is 10.6 Å². The molecule has 1 N–H and O–H groups in total. The lowest BCUT2D eigenvalue weighted by Gasteiger charge is -2.35. The van der Waals surface area contributed by atoms with Gasteiger partial charge in [0.15, 0.2) is 5.82 Å². The number of rotatable bonds is 4. The molecule has 1 aliphatic rings. The van der Waals surface area contributed by atoms with E-state index in [0.717, 1.165) is 40.2 Å². The van der Waals surface area contributed by atoms with Gasteiger partial charge in [0.1, 0.15) is 5.52 Å². The van der Waals surface area contributed by atoms with E-state index in [1.165, 1.54) is 0 Å². The Morgan fingerprint density at radius 3 is 2.47 bits per heavy atom. The minimum absolute atomic E-state index is 0.000465. The molecule has 0 saturated carbocycles. The highest BCUT2D eigenvalue weighted by molar-refractivity contribution is 6.30. The van der Waals surface area contributed by atoms with Crippen molar-refractivity contribution in [3.8, 4) is 5.69 Å². The Labute approximate surface area is 180 Å². The molecule has 1 fully saturated rings. The van der Waals surface area contributed by atoms with E-state index < -0.39 is 0 Å². The molecule has 0 unspecified atom stereocenters. The van der Waals surface area contributed by atoms with Gasteiger partial charge >= 0.3 is 6.03 Å². The number of anilines is 1. The maximum absolute atomic E-state index is 12.2. The monoisotopic (exact) mass is 427 g/mol. The molecule has 9 heteroatoms. The summed E-state index contributed by atoms with van der Waals surface area (Å²) in [4.78, 5) is 16.2. The molecule has 0 aliphatic carbocycles. The molecule has 0 spiro atoms. The van der Waals surface area contributed by atoms with Crippen LogP contribution in [0.1, 0.15) is 24.7 Å². The van der Waals surface area contributed by atoms with Gasteiger partial charge in [-0.3, -0.25) is 0 Å². The fraction of sp³-hybridized carbons (Fsp3) is 0.429. The maximum Gasteiger partial charge on any atom is 0.317 e. The molecule has 8 nitrogen and oxygen atoms in total. The molecule has 2 aromatic heterocycles. The van der Waals surface area contributed by atoms with Gasteiger partial charge in [0.05, 0.1) is 22.5 Å². The summed E-state index contributed by atoms with van der Waals surface area (Å²) in [5, 5.41) is 18.4. The number of hydrogen-bond donors (Lipinski definition) is 1. The normalized spacial score (nSPS) is 14.4. The van der Waals surface area contributed by atoms with Crippen LogP contribution >= 0.6 is 11.6 Å². The zero-order valence-corrected chi connectivity index (χ0v) is 18.3. The van der Waals surface area contributed by atoms with Crippen molar-refractivity contribution in [1.29, 1.82) is 0 Å². The molecular weight excluding hydrogens is 402 g/mol. The molecule has 3 aromatic rings. The number of carbonyl (C=O) groups is 1. The Balaban J connectivity index is 1.63. The fourth-order valence-electron chi connectivity index (χ4n) is 3.82. The molecule has 0 atom stereocenters. The van der Waals surface area contributed by atoms with E-state index in [9.17, 15) is 4.79 Å². The predicted octanol–water partition coefficient (Wildman–Crippen LogP) is 3.33. The number of hydrogen-bond acceptors (Lipinski definition) is 5. The van der Waals surface area contributed by atoms with Gasteiger partial charge in [-0.2, -0.15) is 10.2 Å². The number of amides is 2. The van der Waals surface area contributed by atoms with Gasteiger partial charge in [-0.1, -0.05) is 18.5 Å². The summed E-state index contributed by atoms with van der Waals surface area (Å²) in [6, 6.07) is 7.61. The van der Waals surface area contributed by atoms with Crippen molar-refractivity contribution >= 4 is 34.4 Å². The highest BCUT2D eigenvalue weighted by Gasteiger charge is 2.25. The van der Waals surface area contributed by atoms with Crippen molar-refractivity contribution in [2.24, 2.45) is 0 Å². The molecule has 158 valence electrons. The van der Waals surface area contributed by atoms with Crippen LogP contribution in [0.25, 0.3) is 16.6 Å². The molecule has 4 rings (SSSR count). The molecular formula is C21H26ClN7O. The molecule has 0 radical (unpaired) electrons. The molecule has 1 aliphatic heterocycles. The molecule has 30 heavy (non-hydrogen) atoms. The van der Waals surface area contributed by atoms with E-state index in [-0.39, 0.29) is 6.03 Å². The van der Waals surface area contributed by atoms with Crippen LogP contribution in [0.15, 0.2) is 24.3 Å². The van der Waals surface area contributed by atoms with Crippen molar-refractivity contribution in [3.05, 3.63) is 40.7 Å². The lowest BCUT2D eigenvalue weighted by atomic mass is 10.2. The van der Waals surface area contributed by atoms with E-state index >= 15 is 0 Å². The SMILES string of the molecule is CCCNC(=O)N1CCN(c2nnc(C)c3c(C)n(-c4ccc(Cl)cc4)nc23)CC1. The zero-order chi connectivity index (χ0) is 21.3. The second-order valence-electron chi connectivity index (χ2n) is 7.51. The minimum atomic E-state index is -0.000465. The smallest absolute Gasteiger partial charge is 0.317 e. The second kappa shape index (κ2) is 8.47. The summed E-state index contributed by atoms with van der Waals surface area (Å²) in [7, 11) is 0. The molecule has 1 aromatic carbocycles. The average molecular weight is 428 g/mol. The number of aromatic nitrogens is 4. The Kier molecular flexibility index (Phi) is 5.76. The first-order valence-corrected chi connectivity index (χ1v) is 10.6. The largest absolute Gasteiger partial charge is 0.350 e. The highest BCUT2D eigenvalue weighted by Crippen LogP contribution is 2.30. The summed E-state index contributed by atoms with van der Waals surface area (Å²) >= 11 is 6.04. The van der Waals surface area contributed by atoms with E-state index in [1.807, 2.05) is 54.6 Å². The first-order chi connectivity index (χ1) is 14.5. The summed E-state index contributed by atoms with van der Waals surface area (Å²) < 4.78 is 1.91. The Hall–Kier alpha value is -2.87.